The lowest BCUT2D eigenvalue weighted by molar-refractivity contribution is -0.129. The van der Waals surface area contributed by atoms with Crippen molar-refractivity contribution in [1.82, 2.24) is 5.32 Å². The summed E-state index contributed by atoms with van der Waals surface area (Å²) in [6.45, 7) is 4.61. The van der Waals surface area contributed by atoms with Crippen molar-refractivity contribution in [2.24, 2.45) is 5.92 Å². The maximum absolute atomic E-state index is 6.08. The Morgan fingerprint density at radius 3 is 2.53 bits per heavy atom. The molecule has 0 aromatic heterocycles. The van der Waals surface area contributed by atoms with E-state index in [1.165, 1.54) is 12.8 Å². The molecule has 0 aromatic rings. The molecule has 0 spiro atoms. The van der Waals surface area contributed by atoms with Crippen LogP contribution in [0.5, 0.6) is 0 Å². The normalized spacial score (nSPS) is 27.6. The first-order valence-electron chi connectivity index (χ1n) is 6.21. The molecule has 15 heavy (non-hydrogen) atoms. The maximum Gasteiger partial charge on any atom is 0.0880 e. The van der Waals surface area contributed by atoms with Gasteiger partial charge in [-0.1, -0.05) is 0 Å². The van der Waals surface area contributed by atoms with Crippen molar-refractivity contribution in [3.05, 3.63) is 0 Å². The number of hydrogen-bond acceptors (Lipinski definition) is 3. The van der Waals surface area contributed by atoms with E-state index < -0.39 is 0 Å². The predicted octanol–water partition coefficient (Wildman–Crippen LogP) is 1.57. The standard InChI is InChI=1S/C12H23NO2/c1-3-15-12(6-8-14-9-7-12)11(13-2)10-4-5-10/h10-11,13H,3-9H2,1-2H3. The molecule has 1 saturated carbocycles. The lowest BCUT2D eigenvalue weighted by atomic mass is 9.83. The first-order chi connectivity index (χ1) is 7.32. The number of nitrogens with one attached hydrogen (secondary N) is 1. The van der Waals surface area contributed by atoms with Crippen molar-refractivity contribution in [1.29, 1.82) is 0 Å². The van der Waals surface area contributed by atoms with Crippen LogP contribution in [0.1, 0.15) is 32.6 Å². The number of likely N-dealkylation sites (N-methyl/N-ethyl adjacent to an activating group) is 1. The molecule has 1 heterocycles. The van der Waals surface area contributed by atoms with Gasteiger partial charge in [-0.3, -0.25) is 0 Å². The molecule has 1 N–H and O–H groups in total. The van der Waals surface area contributed by atoms with E-state index in [4.69, 9.17) is 9.47 Å². The van der Waals surface area contributed by atoms with Crippen LogP contribution in [0.15, 0.2) is 0 Å². The SMILES string of the molecule is CCOC1(C(NC)C2CC2)CCOCC1. The summed E-state index contributed by atoms with van der Waals surface area (Å²) in [4.78, 5) is 0. The Morgan fingerprint density at radius 2 is 2.07 bits per heavy atom. The Balaban J connectivity index is 2.07. The van der Waals surface area contributed by atoms with E-state index in [0.717, 1.165) is 38.6 Å². The van der Waals surface area contributed by atoms with Crippen LogP contribution in [-0.4, -0.2) is 38.5 Å². The van der Waals surface area contributed by atoms with Crippen molar-refractivity contribution in [2.75, 3.05) is 26.9 Å². The molecule has 0 amide bonds. The van der Waals surface area contributed by atoms with Crippen LogP contribution in [0.3, 0.4) is 0 Å². The fourth-order valence-corrected chi connectivity index (χ4v) is 2.91. The van der Waals surface area contributed by atoms with Crippen LogP contribution in [0, 0.1) is 5.92 Å². The summed E-state index contributed by atoms with van der Waals surface area (Å²) in [7, 11) is 2.07. The zero-order chi connectivity index (χ0) is 10.7. The third kappa shape index (κ3) is 2.35. The Hall–Kier alpha value is -0.120. The number of hydrogen-bond donors (Lipinski definition) is 1. The Kier molecular flexibility index (Phi) is 3.65. The van der Waals surface area contributed by atoms with Crippen LogP contribution in [0.4, 0.5) is 0 Å². The maximum atomic E-state index is 6.08. The minimum absolute atomic E-state index is 0.0446. The van der Waals surface area contributed by atoms with Crippen LogP contribution in [-0.2, 0) is 9.47 Å². The Morgan fingerprint density at radius 1 is 1.40 bits per heavy atom. The van der Waals surface area contributed by atoms with Crippen molar-refractivity contribution in [3.63, 3.8) is 0 Å². The molecule has 2 rings (SSSR count). The van der Waals surface area contributed by atoms with E-state index in [0.29, 0.717) is 6.04 Å². The fourth-order valence-electron chi connectivity index (χ4n) is 2.91. The Labute approximate surface area is 92.5 Å². The summed E-state index contributed by atoms with van der Waals surface area (Å²) < 4.78 is 11.5. The van der Waals surface area contributed by atoms with Gasteiger partial charge in [-0.2, -0.15) is 0 Å². The second kappa shape index (κ2) is 4.81. The topological polar surface area (TPSA) is 30.5 Å². The average Bonchev–Trinajstić information content (AvgIpc) is 3.05. The zero-order valence-electron chi connectivity index (χ0n) is 9.92. The molecule has 88 valence electrons. The largest absolute Gasteiger partial charge is 0.381 e. The van der Waals surface area contributed by atoms with E-state index in [-0.39, 0.29) is 5.60 Å². The minimum Gasteiger partial charge on any atom is -0.381 e. The van der Waals surface area contributed by atoms with Crippen LogP contribution in [0.2, 0.25) is 0 Å². The predicted molar refractivity (Wildman–Crippen MR) is 60.0 cm³/mol. The van der Waals surface area contributed by atoms with Crippen molar-refractivity contribution >= 4 is 0 Å². The zero-order valence-corrected chi connectivity index (χ0v) is 9.92. The van der Waals surface area contributed by atoms with Crippen LogP contribution in [0.25, 0.3) is 0 Å². The van der Waals surface area contributed by atoms with Gasteiger partial charge in [0.2, 0.25) is 0 Å². The summed E-state index contributed by atoms with van der Waals surface area (Å²) in [5.41, 5.74) is 0.0446. The lowest BCUT2D eigenvalue weighted by Gasteiger charge is -2.43. The average molecular weight is 213 g/mol. The highest BCUT2D eigenvalue weighted by Gasteiger charge is 2.47. The van der Waals surface area contributed by atoms with Gasteiger partial charge in [-0.25, -0.2) is 0 Å². The molecule has 0 radical (unpaired) electrons. The third-order valence-corrected chi connectivity index (χ3v) is 3.74. The smallest absolute Gasteiger partial charge is 0.0880 e. The highest BCUT2D eigenvalue weighted by Crippen LogP contribution is 2.42. The summed E-state index contributed by atoms with van der Waals surface area (Å²) in [5.74, 6) is 0.833. The first kappa shape index (κ1) is 11.4. The molecule has 2 fully saturated rings. The molecule has 1 aliphatic heterocycles. The molecule has 3 heteroatoms. The number of rotatable bonds is 5. The molecule has 1 atom stereocenters. The van der Waals surface area contributed by atoms with Gasteiger partial charge in [0.1, 0.15) is 0 Å². The summed E-state index contributed by atoms with van der Waals surface area (Å²) in [5, 5.41) is 3.48. The van der Waals surface area contributed by atoms with E-state index >= 15 is 0 Å². The molecular formula is C12H23NO2. The highest BCUT2D eigenvalue weighted by molar-refractivity contribution is 5.02. The first-order valence-corrected chi connectivity index (χ1v) is 6.21. The lowest BCUT2D eigenvalue weighted by Crippen LogP contribution is -2.55. The van der Waals surface area contributed by atoms with E-state index in [9.17, 15) is 0 Å². The third-order valence-electron chi connectivity index (χ3n) is 3.74. The van der Waals surface area contributed by atoms with E-state index in [1.807, 2.05) is 0 Å². The highest BCUT2D eigenvalue weighted by atomic mass is 16.5. The quantitative estimate of drug-likeness (QED) is 0.752. The monoisotopic (exact) mass is 213 g/mol. The van der Waals surface area contributed by atoms with Crippen molar-refractivity contribution in [2.45, 2.75) is 44.2 Å². The summed E-state index contributed by atoms with van der Waals surface area (Å²) >= 11 is 0. The van der Waals surface area contributed by atoms with Gasteiger partial charge in [0.15, 0.2) is 0 Å². The van der Waals surface area contributed by atoms with Gasteiger partial charge in [0.05, 0.1) is 5.60 Å². The van der Waals surface area contributed by atoms with Crippen LogP contribution >= 0.6 is 0 Å². The Bertz CT molecular complexity index is 192. The molecule has 0 bridgehead atoms. The van der Waals surface area contributed by atoms with Gasteiger partial charge >= 0.3 is 0 Å². The van der Waals surface area contributed by atoms with E-state index in [1.54, 1.807) is 0 Å². The second-order valence-electron chi connectivity index (χ2n) is 4.71. The van der Waals surface area contributed by atoms with Gasteiger partial charge in [0, 0.05) is 38.7 Å². The van der Waals surface area contributed by atoms with Crippen LogP contribution < -0.4 is 5.32 Å². The molecule has 2 aliphatic rings. The molecule has 1 saturated heterocycles. The fraction of sp³-hybridized carbons (Fsp3) is 1.00. The summed E-state index contributed by atoms with van der Waals surface area (Å²) in [6.07, 6.45) is 4.81. The minimum atomic E-state index is 0.0446. The van der Waals surface area contributed by atoms with Gasteiger partial charge in [0.25, 0.3) is 0 Å². The van der Waals surface area contributed by atoms with Crippen molar-refractivity contribution in [3.8, 4) is 0 Å². The van der Waals surface area contributed by atoms with E-state index in [2.05, 4.69) is 19.3 Å². The molecule has 3 nitrogen and oxygen atoms in total. The van der Waals surface area contributed by atoms with Gasteiger partial charge < -0.3 is 14.8 Å². The summed E-state index contributed by atoms with van der Waals surface area (Å²) in [6, 6.07) is 0.529. The molecule has 1 aliphatic carbocycles. The van der Waals surface area contributed by atoms with Gasteiger partial charge in [-0.05, 0) is 32.7 Å². The molecule has 0 aromatic carbocycles. The van der Waals surface area contributed by atoms with Crippen molar-refractivity contribution < 1.29 is 9.47 Å². The molecular weight excluding hydrogens is 190 g/mol. The second-order valence-corrected chi connectivity index (χ2v) is 4.71. The molecule has 1 unspecified atom stereocenters. The number of ether oxygens (including phenoxy) is 2. The van der Waals surface area contributed by atoms with Gasteiger partial charge in [-0.15, -0.1) is 0 Å².